The number of rotatable bonds is 4. The zero-order chi connectivity index (χ0) is 16.3. The Hall–Kier alpha value is -1.96. The van der Waals surface area contributed by atoms with Crippen LogP contribution in [0.1, 0.15) is 18.4 Å². The second kappa shape index (κ2) is 6.43. The third kappa shape index (κ3) is 4.52. The van der Waals surface area contributed by atoms with E-state index in [0.29, 0.717) is 17.8 Å². The number of sulfone groups is 1. The van der Waals surface area contributed by atoms with Gasteiger partial charge in [0.15, 0.2) is 9.84 Å². The molecule has 1 saturated heterocycles. The molecule has 0 bridgehead atoms. The number of anilines is 2. The maximum Gasteiger partial charge on any atom is 0.404 e. The van der Waals surface area contributed by atoms with Gasteiger partial charge in [0.05, 0.1) is 5.75 Å². The van der Waals surface area contributed by atoms with Gasteiger partial charge in [0.1, 0.15) is 0 Å². The molecule has 4 N–H and O–H groups in total. The van der Waals surface area contributed by atoms with Crippen LogP contribution in [0.5, 0.6) is 0 Å². The molecule has 1 amide bonds. The van der Waals surface area contributed by atoms with Gasteiger partial charge >= 0.3 is 6.09 Å². The predicted molar refractivity (Wildman–Crippen MR) is 85.8 cm³/mol. The summed E-state index contributed by atoms with van der Waals surface area (Å²) in [4.78, 5) is 12.8. The molecule has 1 aliphatic rings. The fraction of sp³-hybridized carbons (Fsp3) is 0.500. The number of nitrogens with one attached hydrogen (secondary N) is 1. The van der Waals surface area contributed by atoms with E-state index < -0.39 is 15.9 Å². The summed E-state index contributed by atoms with van der Waals surface area (Å²) in [7, 11) is -3.18. The van der Waals surface area contributed by atoms with Crippen molar-refractivity contribution in [3.05, 3.63) is 23.8 Å². The first kappa shape index (κ1) is 16.4. The summed E-state index contributed by atoms with van der Waals surface area (Å²) in [6.45, 7) is 1.28. The van der Waals surface area contributed by atoms with Crippen molar-refractivity contribution in [2.45, 2.75) is 24.6 Å². The molecule has 0 unspecified atom stereocenters. The van der Waals surface area contributed by atoms with E-state index in [2.05, 4.69) is 5.32 Å². The highest BCUT2D eigenvalue weighted by atomic mass is 32.2. The second-order valence-corrected chi connectivity index (χ2v) is 7.83. The molecule has 1 aromatic rings. The van der Waals surface area contributed by atoms with E-state index in [1.54, 1.807) is 18.2 Å². The zero-order valence-electron chi connectivity index (χ0n) is 12.4. The van der Waals surface area contributed by atoms with E-state index in [4.69, 9.17) is 10.8 Å². The zero-order valence-corrected chi connectivity index (χ0v) is 13.3. The molecular formula is C14H21N3O4S. The molecule has 1 atom stereocenters. The molecule has 1 heterocycles. The van der Waals surface area contributed by atoms with Crippen molar-refractivity contribution in [2.24, 2.45) is 0 Å². The number of hydrogen-bond acceptors (Lipinski definition) is 5. The molecule has 8 heteroatoms. The van der Waals surface area contributed by atoms with Crippen LogP contribution in [0, 0.1) is 0 Å². The summed E-state index contributed by atoms with van der Waals surface area (Å²) in [5, 5.41) is 11.3. The van der Waals surface area contributed by atoms with Gasteiger partial charge in [0.25, 0.3) is 0 Å². The molecule has 122 valence electrons. The second-order valence-electron chi connectivity index (χ2n) is 5.69. The van der Waals surface area contributed by atoms with Crippen molar-refractivity contribution in [2.75, 3.05) is 30.0 Å². The van der Waals surface area contributed by atoms with Crippen LogP contribution in [0.15, 0.2) is 18.2 Å². The van der Waals surface area contributed by atoms with Crippen molar-refractivity contribution in [3.8, 4) is 0 Å². The maximum atomic E-state index is 11.6. The molecule has 0 spiro atoms. The van der Waals surface area contributed by atoms with Crippen molar-refractivity contribution >= 4 is 27.3 Å². The van der Waals surface area contributed by atoms with Crippen LogP contribution < -0.4 is 16.0 Å². The van der Waals surface area contributed by atoms with Crippen LogP contribution in [0.4, 0.5) is 16.2 Å². The number of carboxylic acid groups (broad SMARTS) is 1. The van der Waals surface area contributed by atoms with Crippen LogP contribution in [-0.2, 0) is 15.6 Å². The lowest BCUT2D eigenvalue weighted by atomic mass is 10.0. The van der Waals surface area contributed by atoms with E-state index in [-0.39, 0.29) is 11.8 Å². The van der Waals surface area contributed by atoms with E-state index >= 15 is 0 Å². The van der Waals surface area contributed by atoms with Gasteiger partial charge in [-0.3, -0.25) is 0 Å². The smallest absolute Gasteiger partial charge is 0.404 e. The number of piperidine rings is 1. The van der Waals surface area contributed by atoms with Crippen molar-refractivity contribution in [1.82, 2.24) is 5.32 Å². The molecule has 7 nitrogen and oxygen atoms in total. The summed E-state index contributed by atoms with van der Waals surface area (Å²) in [6.07, 6.45) is 1.76. The number of hydrogen-bond donors (Lipinski definition) is 3. The average molecular weight is 327 g/mol. The summed E-state index contributed by atoms with van der Waals surface area (Å²) < 4.78 is 23.2. The Balaban J connectivity index is 2.25. The van der Waals surface area contributed by atoms with Crippen molar-refractivity contribution < 1.29 is 18.3 Å². The Morgan fingerprint density at radius 2 is 2.23 bits per heavy atom. The number of amides is 1. The lowest BCUT2D eigenvalue weighted by Crippen LogP contribution is -2.47. The largest absolute Gasteiger partial charge is 0.465 e. The van der Waals surface area contributed by atoms with Gasteiger partial charge in [-0.25, -0.2) is 13.2 Å². The van der Waals surface area contributed by atoms with Gasteiger partial charge in [-0.1, -0.05) is 0 Å². The number of nitrogen functional groups attached to an aromatic ring is 1. The van der Waals surface area contributed by atoms with Crippen LogP contribution >= 0.6 is 0 Å². The fourth-order valence-electron chi connectivity index (χ4n) is 2.80. The molecule has 0 saturated carbocycles. The summed E-state index contributed by atoms with van der Waals surface area (Å²) in [5.74, 6) is -0.0824. The van der Waals surface area contributed by atoms with Gasteiger partial charge in [-0.2, -0.15) is 0 Å². The molecule has 0 radical (unpaired) electrons. The SMILES string of the molecule is CS(=O)(=O)Cc1cc(N)ccc1N1CCC[C@@H](NC(=O)O)C1. The highest BCUT2D eigenvalue weighted by molar-refractivity contribution is 7.89. The lowest BCUT2D eigenvalue weighted by molar-refractivity contribution is 0.188. The fourth-order valence-corrected chi connectivity index (χ4v) is 3.60. The normalized spacial score (nSPS) is 19.0. The first-order chi connectivity index (χ1) is 10.2. The van der Waals surface area contributed by atoms with Gasteiger partial charge in [-0.05, 0) is 36.6 Å². The van der Waals surface area contributed by atoms with Gasteiger partial charge in [0.2, 0.25) is 0 Å². The van der Waals surface area contributed by atoms with Crippen LogP contribution in [0.25, 0.3) is 0 Å². The first-order valence-corrected chi connectivity index (χ1v) is 9.11. The summed E-state index contributed by atoms with van der Waals surface area (Å²) >= 11 is 0. The predicted octanol–water partition coefficient (Wildman–Crippen LogP) is 1.05. The number of benzene rings is 1. The number of carbonyl (C=O) groups is 1. The highest BCUT2D eigenvalue weighted by Crippen LogP contribution is 2.27. The third-order valence-corrected chi connectivity index (χ3v) is 4.45. The molecule has 1 fully saturated rings. The van der Waals surface area contributed by atoms with Gasteiger partial charge in [0, 0.05) is 36.8 Å². The molecule has 22 heavy (non-hydrogen) atoms. The molecule has 1 aromatic carbocycles. The maximum absolute atomic E-state index is 11.6. The minimum atomic E-state index is -3.18. The van der Waals surface area contributed by atoms with E-state index in [1.165, 1.54) is 6.26 Å². The molecule has 2 rings (SSSR count). The molecule has 0 aliphatic carbocycles. The van der Waals surface area contributed by atoms with Gasteiger partial charge in [-0.15, -0.1) is 0 Å². The van der Waals surface area contributed by atoms with Crippen molar-refractivity contribution in [1.29, 1.82) is 0 Å². The Morgan fingerprint density at radius 3 is 2.86 bits per heavy atom. The summed E-state index contributed by atoms with van der Waals surface area (Å²) in [6, 6.07) is 5.05. The number of nitrogens with two attached hydrogens (primary N) is 1. The van der Waals surface area contributed by atoms with E-state index in [0.717, 1.165) is 25.1 Å². The van der Waals surface area contributed by atoms with Crippen LogP contribution in [-0.4, -0.2) is 45.0 Å². The Morgan fingerprint density at radius 1 is 1.50 bits per heavy atom. The number of nitrogens with zero attached hydrogens (tertiary/aromatic N) is 1. The Labute approximate surface area is 130 Å². The standard InChI is InChI=1S/C14H21N3O4S/c1-22(20,21)9-10-7-11(15)4-5-13(10)17-6-2-3-12(8-17)16-14(18)19/h4-5,7,12,16H,2-3,6,8-9,15H2,1H3,(H,18,19)/t12-/m1/s1. The van der Waals surface area contributed by atoms with Crippen molar-refractivity contribution in [3.63, 3.8) is 0 Å². The molecular weight excluding hydrogens is 306 g/mol. The lowest BCUT2D eigenvalue weighted by Gasteiger charge is -2.35. The minimum absolute atomic E-state index is 0.0824. The first-order valence-electron chi connectivity index (χ1n) is 7.05. The third-order valence-electron chi connectivity index (χ3n) is 3.61. The van der Waals surface area contributed by atoms with Crippen LogP contribution in [0.3, 0.4) is 0 Å². The quantitative estimate of drug-likeness (QED) is 0.713. The van der Waals surface area contributed by atoms with Crippen LogP contribution in [0.2, 0.25) is 0 Å². The van der Waals surface area contributed by atoms with E-state index in [9.17, 15) is 13.2 Å². The monoisotopic (exact) mass is 327 g/mol. The Bertz CT molecular complexity index is 660. The van der Waals surface area contributed by atoms with Gasteiger partial charge < -0.3 is 21.1 Å². The van der Waals surface area contributed by atoms with E-state index in [1.807, 2.05) is 4.90 Å². The summed E-state index contributed by atoms with van der Waals surface area (Å²) in [5.41, 5.74) is 7.73. The topological polar surface area (TPSA) is 113 Å². The molecule has 0 aromatic heterocycles. The minimum Gasteiger partial charge on any atom is -0.465 e. The average Bonchev–Trinajstić information content (AvgIpc) is 2.36. The highest BCUT2D eigenvalue weighted by Gasteiger charge is 2.23. The molecule has 1 aliphatic heterocycles. The Kier molecular flexibility index (Phi) is 4.80.